The van der Waals surface area contributed by atoms with E-state index in [0.717, 1.165) is 0 Å². The first-order chi connectivity index (χ1) is 7.86. The lowest BCUT2D eigenvalue weighted by Crippen LogP contribution is -2.16. The Hall–Kier alpha value is -2.00. The topological polar surface area (TPSA) is 57.1 Å². The molecule has 1 aromatic rings. The molecule has 0 aromatic heterocycles. The Morgan fingerprint density at radius 1 is 1.44 bits per heavy atom. The molecule has 5 nitrogen and oxygen atoms in total. The third-order valence-electron chi connectivity index (χ3n) is 2.29. The van der Waals surface area contributed by atoms with Gasteiger partial charge in [-0.1, -0.05) is 0 Å². The minimum atomic E-state index is 0.180. The van der Waals surface area contributed by atoms with E-state index >= 15 is 0 Å². The zero-order valence-electron chi connectivity index (χ0n) is 8.86. The van der Waals surface area contributed by atoms with Crippen molar-refractivity contribution in [2.45, 2.75) is 6.54 Å². The average Bonchev–Trinajstić information content (AvgIpc) is 2.35. The van der Waals surface area contributed by atoms with Crippen LogP contribution in [0.3, 0.4) is 0 Å². The number of aliphatic imine (C=N–C) groups is 1. The van der Waals surface area contributed by atoms with E-state index in [-0.39, 0.29) is 6.54 Å². The van der Waals surface area contributed by atoms with Gasteiger partial charge in [0.05, 0.1) is 19.2 Å². The van der Waals surface area contributed by atoms with Crippen LogP contribution in [0.2, 0.25) is 0 Å². The minimum Gasteiger partial charge on any atom is -0.496 e. The molecule has 0 saturated carbocycles. The molecule has 5 heteroatoms. The van der Waals surface area contributed by atoms with Crippen molar-refractivity contribution in [3.05, 3.63) is 17.7 Å². The number of ether oxygens (including phenoxy) is 3. The van der Waals surface area contributed by atoms with Crippen molar-refractivity contribution in [3.8, 4) is 17.2 Å². The number of benzene rings is 1. The van der Waals surface area contributed by atoms with Gasteiger partial charge in [-0.25, -0.2) is 9.79 Å². The number of rotatable bonds is 3. The lowest BCUT2D eigenvalue weighted by molar-refractivity contribution is 0.169. The Balaban J connectivity index is 2.46. The van der Waals surface area contributed by atoms with E-state index in [2.05, 4.69) is 4.99 Å². The summed E-state index contributed by atoms with van der Waals surface area (Å²) < 4.78 is 16.1. The Morgan fingerprint density at radius 3 is 3.00 bits per heavy atom. The zero-order valence-corrected chi connectivity index (χ0v) is 8.86. The number of isocyanates is 1. The summed E-state index contributed by atoms with van der Waals surface area (Å²) in [6.07, 6.45) is 1.50. The van der Waals surface area contributed by atoms with Gasteiger partial charge in [0.2, 0.25) is 6.08 Å². The van der Waals surface area contributed by atoms with Crippen molar-refractivity contribution < 1.29 is 19.0 Å². The standard InChI is InChI=1S/C11H11NO4/c1-14-9-2-3-10-11(16-5-4-15-10)8(9)6-12-7-13/h2-3H,4-6H2,1H3. The predicted octanol–water partition coefficient (Wildman–Crippen LogP) is 1.30. The number of nitrogens with zero attached hydrogens (tertiary/aromatic N) is 1. The van der Waals surface area contributed by atoms with Crippen molar-refractivity contribution in [1.29, 1.82) is 0 Å². The first-order valence-corrected chi connectivity index (χ1v) is 4.86. The van der Waals surface area contributed by atoms with Crippen LogP contribution < -0.4 is 14.2 Å². The molecule has 0 amide bonds. The number of hydrogen-bond donors (Lipinski definition) is 0. The first kappa shape index (κ1) is 10.5. The van der Waals surface area contributed by atoms with Crippen molar-refractivity contribution in [2.75, 3.05) is 20.3 Å². The van der Waals surface area contributed by atoms with Gasteiger partial charge < -0.3 is 14.2 Å². The summed E-state index contributed by atoms with van der Waals surface area (Å²) in [6, 6.07) is 3.55. The van der Waals surface area contributed by atoms with E-state index in [9.17, 15) is 4.79 Å². The number of fused-ring (bicyclic) bond motifs is 1. The molecule has 0 unspecified atom stereocenters. The molecule has 0 atom stereocenters. The monoisotopic (exact) mass is 221 g/mol. The third kappa shape index (κ3) is 1.85. The fourth-order valence-corrected chi connectivity index (χ4v) is 1.61. The second-order valence-electron chi connectivity index (χ2n) is 3.18. The predicted molar refractivity (Wildman–Crippen MR) is 55.8 cm³/mol. The van der Waals surface area contributed by atoms with E-state index in [1.54, 1.807) is 19.2 Å². The molecule has 0 aliphatic carbocycles. The summed E-state index contributed by atoms with van der Waals surface area (Å²) in [5, 5.41) is 0. The highest BCUT2D eigenvalue weighted by Crippen LogP contribution is 2.39. The molecule has 0 N–H and O–H groups in total. The molecule has 1 aliphatic rings. The molecule has 2 rings (SSSR count). The normalized spacial score (nSPS) is 12.8. The highest BCUT2D eigenvalue weighted by molar-refractivity contribution is 5.55. The van der Waals surface area contributed by atoms with Crippen molar-refractivity contribution in [2.24, 2.45) is 4.99 Å². The van der Waals surface area contributed by atoms with Crippen LogP contribution in [0.25, 0.3) is 0 Å². The number of methoxy groups -OCH3 is 1. The fourth-order valence-electron chi connectivity index (χ4n) is 1.61. The molecule has 1 aliphatic heterocycles. The third-order valence-corrected chi connectivity index (χ3v) is 2.29. The first-order valence-electron chi connectivity index (χ1n) is 4.86. The van der Waals surface area contributed by atoms with Crippen molar-refractivity contribution in [3.63, 3.8) is 0 Å². The summed E-state index contributed by atoms with van der Waals surface area (Å²) in [6.45, 7) is 1.19. The van der Waals surface area contributed by atoms with Crippen molar-refractivity contribution in [1.82, 2.24) is 0 Å². The average molecular weight is 221 g/mol. The van der Waals surface area contributed by atoms with E-state index in [1.165, 1.54) is 6.08 Å². The molecule has 0 fully saturated rings. The van der Waals surface area contributed by atoms with Gasteiger partial charge in [0, 0.05) is 0 Å². The van der Waals surface area contributed by atoms with Crippen LogP contribution in [-0.2, 0) is 11.3 Å². The van der Waals surface area contributed by atoms with Crippen LogP contribution in [0, 0.1) is 0 Å². The SMILES string of the molecule is COc1ccc2c(c1CN=C=O)OCCO2. The van der Waals surface area contributed by atoms with Crippen LogP contribution >= 0.6 is 0 Å². The summed E-state index contributed by atoms with van der Waals surface area (Å²) >= 11 is 0. The quantitative estimate of drug-likeness (QED) is 0.570. The van der Waals surface area contributed by atoms with Crippen LogP contribution in [0.1, 0.15) is 5.56 Å². The van der Waals surface area contributed by atoms with Crippen LogP contribution in [0.15, 0.2) is 17.1 Å². The molecule has 1 heterocycles. The van der Waals surface area contributed by atoms with Gasteiger partial charge in [-0.15, -0.1) is 0 Å². The Morgan fingerprint density at radius 2 is 2.25 bits per heavy atom. The molecular formula is C11H11NO4. The molecule has 84 valence electrons. The smallest absolute Gasteiger partial charge is 0.235 e. The maximum Gasteiger partial charge on any atom is 0.235 e. The molecule has 16 heavy (non-hydrogen) atoms. The van der Waals surface area contributed by atoms with Gasteiger partial charge >= 0.3 is 0 Å². The fraction of sp³-hybridized carbons (Fsp3) is 0.364. The molecule has 0 saturated heterocycles. The Kier molecular flexibility index (Phi) is 3.08. The van der Waals surface area contributed by atoms with Gasteiger partial charge in [0.15, 0.2) is 11.5 Å². The zero-order chi connectivity index (χ0) is 11.4. The van der Waals surface area contributed by atoms with Gasteiger partial charge in [-0.2, -0.15) is 0 Å². The summed E-state index contributed by atoms with van der Waals surface area (Å²) in [5.41, 5.74) is 0.711. The van der Waals surface area contributed by atoms with Gasteiger partial charge in [0.25, 0.3) is 0 Å². The van der Waals surface area contributed by atoms with Gasteiger partial charge in [-0.3, -0.25) is 0 Å². The van der Waals surface area contributed by atoms with E-state index < -0.39 is 0 Å². The Bertz CT molecular complexity index is 438. The molecule has 1 aromatic carbocycles. The molecule has 0 bridgehead atoms. The second-order valence-corrected chi connectivity index (χ2v) is 3.18. The minimum absolute atomic E-state index is 0.180. The van der Waals surface area contributed by atoms with Gasteiger partial charge in [0.1, 0.15) is 19.0 Å². The van der Waals surface area contributed by atoms with Crippen LogP contribution in [0.4, 0.5) is 0 Å². The maximum absolute atomic E-state index is 10.1. The highest BCUT2D eigenvalue weighted by atomic mass is 16.6. The summed E-state index contributed by atoms with van der Waals surface area (Å²) in [7, 11) is 1.56. The molecular weight excluding hydrogens is 210 g/mol. The van der Waals surface area contributed by atoms with Crippen LogP contribution in [0.5, 0.6) is 17.2 Å². The number of carbonyl (C=O) groups excluding carboxylic acids is 1. The van der Waals surface area contributed by atoms with Crippen molar-refractivity contribution >= 4 is 6.08 Å². The molecule has 0 radical (unpaired) electrons. The summed E-state index contributed by atoms with van der Waals surface area (Å²) in [4.78, 5) is 13.7. The number of hydrogen-bond acceptors (Lipinski definition) is 5. The molecule has 0 spiro atoms. The summed E-state index contributed by atoms with van der Waals surface area (Å²) in [5.74, 6) is 1.89. The van der Waals surface area contributed by atoms with E-state index in [1.807, 2.05) is 0 Å². The second kappa shape index (κ2) is 4.68. The van der Waals surface area contributed by atoms with E-state index in [0.29, 0.717) is 36.0 Å². The lowest BCUT2D eigenvalue weighted by Gasteiger charge is -2.21. The van der Waals surface area contributed by atoms with Gasteiger partial charge in [-0.05, 0) is 12.1 Å². The maximum atomic E-state index is 10.1. The largest absolute Gasteiger partial charge is 0.496 e. The highest BCUT2D eigenvalue weighted by Gasteiger charge is 2.19. The van der Waals surface area contributed by atoms with Crippen LogP contribution in [-0.4, -0.2) is 26.4 Å². The Labute approximate surface area is 92.6 Å². The lowest BCUT2D eigenvalue weighted by atomic mass is 10.1. The van der Waals surface area contributed by atoms with E-state index in [4.69, 9.17) is 14.2 Å².